The minimum atomic E-state index is -5.08. The number of rotatable bonds is 2. The smallest absolute Gasteiger partial charge is 0.475 e. The molecule has 1 unspecified atom stereocenters. The van der Waals surface area contributed by atoms with Gasteiger partial charge in [-0.3, -0.25) is 9.69 Å². The second-order valence-electron chi connectivity index (χ2n) is 8.57. The third-order valence-corrected chi connectivity index (χ3v) is 6.71. The third kappa shape index (κ3) is 5.14. The van der Waals surface area contributed by atoms with Gasteiger partial charge in [-0.1, -0.05) is 18.2 Å². The van der Waals surface area contributed by atoms with Crippen LogP contribution in [0.2, 0.25) is 0 Å². The van der Waals surface area contributed by atoms with Gasteiger partial charge < -0.3 is 10.0 Å². The first-order chi connectivity index (χ1) is 14.1. The van der Waals surface area contributed by atoms with Gasteiger partial charge in [0.15, 0.2) is 0 Å². The van der Waals surface area contributed by atoms with Crippen molar-refractivity contribution >= 4 is 11.9 Å². The quantitative estimate of drug-likeness (QED) is 0.782. The number of fused-ring (bicyclic) bond motifs is 1. The summed E-state index contributed by atoms with van der Waals surface area (Å²) in [6, 6.07) is 7.12. The van der Waals surface area contributed by atoms with Crippen molar-refractivity contribution in [2.75, 3.05) is 20.1 Å². The molecule has 8 heteroatoms. The van der Waals surface area contributed by atoms with Gasteiger partial charge in [-0.15, -0.1) is 0 Å². The van der Waals surface area contributed by atoms with E-state index in [1.54, 1.807) is 11.1 Å². The minimum absolute atomic E-state index is 0.157. The Balaban J connectivity index is 0.000000318. The highest BCUT2D eigenvalue weighted by Crippen LogP contribution is 2.38. The molecule has 0 bridgehead atoms. The highest BCUT2D eigenvalue weighted by Gasteiger charge is 2.43. The molecule has 1 aromatic rings. The van der Waals surface area contributed by atoms with Crippen LogP contribution in [0.4, 0.5) is 13.2 Å². The topological polar surface area (TPSA) is 60.9 Å². The van der Waals surface area contributed by atoms with Gasteiger partial charge in [0.25, 0.3) is 0 Å². The predicted molar refractivity (Wildman–Crippen MR) is 106 cm³/mol. The zero-order chi connectivity index (χ0) is 21.9. The second kappa shape index (κ2) is 8.96. The summed E-state index contributed by atoms with van der Waals surface area (Å²) in [6.07, 6.45) is 4.11. The van der Waals surface area contributed by atoms with Crippen LogP contribution in [0.3, 0.4) is 0 Å². The maximum absolute atomic E-state index is 12.0. The number of benzene rings is 1. The molecule has 2 heterocycles. The summed E-state index contributed by atoms with van der Waals surface area (Å²) in [4.78, 5) is 25.5. The number of aryl methyl sites for hydroxylation is 2. The fraction of sp³-hybridized carbons (Fsp3) is 0.636. The van der Waals surface area contributed by atoms with Crippen molar-refractivity contribution in [1.29, 1.82) is 0 Å². The molecule has 1 spiro atoms. The summed E-state index contributed by atoms with van der Waals surface area (Å²) in [6.45, 7) is 3.36. The van der Waals surface area contributed by atoms with Gasteiger partial charge >= 0.3 is 12.1 Å². The summed E-state index contributed by atoms with van der Waals surface area (Å²) in [7, 11) is 2.02. The second-order valence-corrected chi connectivity index (χ2v) is 8.57. The van der Waals surface area contributed by atoms with Gasteiger partial charge in [-0.05, 0) is 68.2 Å². The summed E-state index contributed by atoms with van der Waals surface area (Å²) < 4.78 is 31.7. The Morgan fingerprint density at radius 1 is 1.07 bits per heavy atom. The average Bonchev–Trinajstić information content (AvgIpc) is 3.18. The van der Waals surface area contributed by atoms with Gasteiger partial charge in [-0.25, -0.2) is 4.79 Å². The van der Waals surface area contributed by atoms with Crippen molar-refractivity contribution in [3.05, 3.63) is 34.9 Å². The van der Waals surface area contributed by atoms with Crippen molar-refractivity contribution in [2.24, 2.45) is 0 Å². The average molecular weight is 426 g/mol. The molecule has 4 rings (SSSR count). The lowest BCUT2D eigenvalue weighted by atomic mass is 9.88. The van der Waals surface area contributed by atoms with Crippen molar-refractivity contribution in [3.63, 3.8) is 0 Å². The maximum atomic E-state index is 12.0. The molecule has 2 aliphatic heterocycles. The van der Waals surface area contributed by atoms with Gasteiger partial charge in [0, 0.05) is 32.1 Å². The fourth-order valence-corrected chi connectivity index (χ4v) is 4.90. The summed E-state index contributed by atoms with van der Waals surface area (Å²) >= 11 is 0. The lowest BCUT2D eigenvalue weighted by Crippen LogP contribution is -2.43. The standard InChI is InChI=1S/C20H28N2O.C2HF3O2/c1-21-19(23)8-10-20(21)9-3-12-22(13-11-20)15-16-6-7-17-4-2-5-18(17)14-16;3-2(4,5)1(6)7/h6-7,14H,2-5,8-13,15H2,1H3;(H,6,7). The molecule has 2 fully saturated rings. The first kappa shape index (κ1) is 22.6. The van der Waals surface area contributed by atoms with Crippen LogP contribution in [0.25, 0.3) is 0 Å². The van der Waals surface area contributed by atoms with Crippen molar-refractivity contribution < 1.29 is 27.9 Å². The molecule has 1 aliphatic carbocycles. The molecule has 1 N–H and O–H groups in total. The Morgan fingerprint density at radius 2 is 1.77 bits per heavy atom. The Labute approximate surface area is 174 Å². The predicted octanol–water partition coefficient (Wildman–Crippen LogP) is 3.79. The van der Waals surface area contributed by atoms with Crippen LogP contribution in [0.1, 0.15) is 55.2 Å². The Bertz CT molecular complexity index is 796. The van der Waals surface area contributed by atoms with Crippen LogP contribution < -0.4 is 0 Å². The minimum Gasteiger partial charge on any atom is -0.475 e. The van der Waals surface area contributed by atoms with Gasteiger partial charge in [0.2, 0.25) is 5.91 Å². The molecule has 0 radical (unpaired) electrons. The summed E-state index contributed by atoms with van der Waals surface area (Å²) in [5, 5.41) is 7.12. The van der Waals surface area contributed by atoms with E-state index in [9.17, 15) is 18.0 Å². The zero-order valence-electron chi connectivity index (χ0n) is 17.3. The summed E-state index contributed by atoms with van der Waals surface area (Å²) in [5.74, 6) is -2.41. The van der Waals surface area contributed by atoms with E-state index < -0.39 is 12.1 Å². The number of carbonyl (C=O) groups excluding carboxylic acids is 1. The highest BCUT2D eigenvalue weighted by atomic mass is 19.4. The number of hydrogen-bond acceptors (Lipinski definition) is 3. The van der Waals surface area contributed by atoms with Crippen LogP contribution in [0.5, 0.6) is 0 Å². The Morgan fingerprint density at radius 3 is 2.40 bits per heavy atom. The van der Waals surface area contributed by atoms with E-state index in [0.29, 0.717) is 5.91 Å². The number of carbonyl (C=O) groups is 2. The Kier molecular flexibility index (Phi) is 6.75. The van der Waals surface area contributed by atoms with Crippen LogP contribution >= 0.6 is 0 Å². The van der Waals surface area contributed by atoms with Gasteiger partial charge in [-0.2, -0.15) is 13.2 Å². The van der Waals surface area contributed by atoms with Gasteiger partial charge in [0.05, 0.1) is 0 Å². The fourth-order valence-electron chi connectivity index (χ4n) is 4.90. The van der Waals surface area contributed by atoms with E-state index in [1.807, 2.05) is 7.05 Å². The lowest BCUT2D eigenvalue weighted by molar-refractivity contribution is -0.192. The number of halogens is 3. The molecule has 1 aromatic carbocycles. The molecule has 1 atom stereocenters. The molecular weight excluding hydrogens is 397 g/mol. The van der Waals surface area contributed by atoms with Crippen molar-refractivity contribution in [2.45, 2.75) is 69.6 Å². The van der Waals surface area contributed by atoms with Crippen LogP contribution in [-0.4, -0.2) is 58.6 Å². The number of aliphatic carboxylic acids is 1. The van der Waals surface area contributed by atoms with E-state index in [-0.39, 0.29) is 5.54 Å². The normalized spacial score (nSPS) is 24.4. The Hall–Kier alpha value is -2.09. The number of carboxylic acid groups (broad SMARTS) is 1. The maximum Gasteiger partial charge on any atom is 0.490 e. The largest absolute Gasteiger partial charge is 0.490 e. The number of nitrogens with zero attached hydrogens (tertiary/aromatic N) is 2. The molecule has 166 valence electrons. The zero-order valence-corrected chi connectivity index (χ0v) is 17.3. The number of amides is 1. The van der Waals surface area contributed by atoms with Crippen LogP contribution in [0.15, 0.2) is 18.2 Å². The molecule has 30 heavy (non-hydrogen) atoms. The van der Waals surface area contributed by atoms with Gasteiger partial charge in [0.1, 0.15) is 0 Å². The van der Waals surface area contributed by atoms with Crippen LogP contribution in [-0.2, 0) is 29.0 Å². The molecule has 0 aromatic heterocycles. The first-order valence-electron chi connectivity index (χ1n) is 10.5. The van der Waals surface area contributed by atoms with Crippen LogP contribution in [0, 0.1) is 0 Å². The lowest BCUT2D eigenvalue weighted by Gasteiger charge is -2.35. The van der Waals surface area contributed by atoms with Crippen molar-refractivity contribution in [3.8, 4) is 0 Å². The number of likely N-dealkylation sites (tertiary alicyclic amines) is 2. The first-order valence-corrected chi connectivity index (χ1v) is 10.5. The highest BCUT2D eigenvalue weighted by molar-refractivity contribution is 5.79. The molecule has 5 nitrogen and oxygen atoms in total. The third-order valence-electron chi connectivity index (χ3n) is 6.71. The number of alkyl halides is 3. The SMILES string of the molecule is CN1C(=O)CCC12CCCN(Cc1ccc3c(c1)CCC3)CC2.O=C(O)C(F)(F)F. The van der Waals surface area contributed by atoms with E-state index in [1.165, 1.54) is 44.2 Å². The van der Waals surface area contributed by atoms with E-state index in [4.69, 9.17) is 9.90 Å². The molecule has 2 saturated heterocycles. The van der Waals surface area contributed by atoms with E-state index in [2.05, 4.69) is 28.0 Å². The molecule has 1 amide bonds. The summed E-state index contributed by atoms with van der Waals surface area (Å²) in [5.41, 5.74) is 4.77. The van der Waals surface area contributed by atoms with E-state index >= 15 is 0 Å². The monoisotopic (exact) mass is 426 g/mol. The number of hydrogen-bond donors (Lipinski definition) is 1. The molecular formula is C22H29F3N2O3. The van der Waals surface area contributed by atoms with Crippen molar-refractivity contribution in [1.82, 2.24) is 9.80 Å². The van der Waals surface area contributed by atoms with E-state index in [0.717, 1.165) is 32.4 Å². The molecule has 0 saturated carbocycles. The molecule has 3 aliphatic rings. The number of carboxylic acids is 1.